The number of fused-ring (bicyclic) bond motifs is 3. The Kier molecular flexibility index (Phi) is 6.20. The smallest absolute Gasteiger partial charge is 0.204 e. The van der Waals surface area contributed by atoms with Crippen molar-refractivity contribution in [1.29, 1.82) is 0 Å². The van der Waals surface area contributed by atoms with Gasteiger partial charge < -0.3 is 23.7 Å². The number of ether oxygens (including phenoxy) is 3. The third-order valence-corrected chi connectivity index (χ3v) is 6.43. The molecule has 0 spiro atoms. The number of benzene rings is 3. The third-order valence-electron chi connectivity index (χ3n) is 6.43. The first-order valence-corrected chi connectivity index (χ1v) is 12.2. The Morgan fingerprint density at radius 2 is 1.81 bits per heavy atom. The van der Waals surface area contributed by atoms with Crippen LogP contribution in [0.15, 0.2) is 69.4 Å². The van der Waals surface area contributed by atoms with E-state index in [0.29, 0.717) is 52.4 Å². The van der Waals surface area contributed by atoms with Gasteiger partial charge in [0.2, 0.25) is 5.43 Å². The molecule has 3 aromatic carbocycles. The molecule has 0 unspecified atom stereocenters. The summed E-state index contributed by atoms with van der Waals surface area (Å²) in [4.78, 5) is 13.9. The molecular formula is C31H30O6. The molecule has 1 aromatic heterocycles. The van der Waals surface area contributed by atoms with E-state index in [1.165, 1.54) is 0 Å². The van der Waals surface area contributed by atoms with Gasteiger partial charge in [0.25, 0.3) is 0 Å². The molecule has 2 heterocycles. The van der Waals surface area contributed by atoms with E-state index in [0.717, 1.165) is 11.1 Å². The molecule has 0 saturated heterocycles. The molecule has 0 bridgehead atoms. The fourth-order valence-corrected chi connectivity index (χ4v) is 4.59. The van der Waals surface area contributed by atoms with Crippen LogP contribution in [0.4, 0.5) is 0 Å². The lowest BCUT2D eigenvalue weighted by Crippen LogP contribution is -2.27. The first kappa shape index (κ1) is 24.5. The summed E-state index contributed by atoms with van der Waals surface area (Å²) in [6, 6.07) is 13.2. The Bertz CT molecular complexity index is 1620. The van der Waals surface area contributed by atoms with E-state index in [9.17, 15) is 9.90 Å². The van der Waals surface area contributed by atoms with Crippen LogP contribution in [0.2, 0.25) is 0 Å². The third kappa shape index (κ3) is 4.55. The van der Waals surface area contributed by atoms with Crippen molar-refractivity contribution in [2.24, 2.45) is 0 Å². The Hall–Kier alpha value is -4.19. The largest absolute Gasteiger partial charge is 0.506 e. The Balaban J connectivity index is 1.77. The van der Waals surface area contributed by atoms with Gasteiger partial charge in [-0.25, -0.2) is 0 Å². The molecule has 0 saturated carbocycles. The summed E-state index contributed by atoms with van der Waals surface area (Å²) in [5.41, 5.74) is 2.91. The van der Waals surface area contributed by atoms with E-state index >= 15 is 0 Å². The van der Waals surface area contributed by atoms with Gasteiger partial charge in [-0.3, -0.25) is 4.79 Å². The molecule has 1 N–H and O–H groups in total. The van der Waals surface area contributed by atoms with Gasteiger partial charge in [-0.2, -0.15) is 0 Å². The lowest BCUT2D eigenvalue weighted by molar-refractivity contribution is 0.158. The molecule has 0 aliphatic carbocycles. The van der Waals surface area contributed by atoms with Gasteiger partial charge in [-0.15, -0.1) is 0 Å². The van der Waals surface area contributed by atoms with Crippen LogP contribution in [-0.4, -0.2) is 17.8 Å². The predicted molar refractivity (Wildman–Crippen MR) is 146 cm³/mol. The average Bonchev–Trinajstić information content (AvgIpc) is 2.85. The number of hydrogen-bond acceptors (Lipinski definition) is 6. The molecule has 1 aliphatic heterocycles. The first-order chi connectivity index (χ1) is 17.7. The van der Waals surface area contributed by atoms with Crippen molar-refractivity contribution in [1.82, 2.24) is 0 Å². The minimum absolute atomic E-state index is 0.109. The highest BCUT2D eigenvalue weighted by Gasteiger charge is 2.28. The van der Waals surface area contributed by atoms with E-state index < -0.39 is 5.60 Å². The van der Waals surface area contributed by atoms with Crippen LogP contribution in [0.25, 0.3) is 28.0 Å². The Labute approximate surface area is 215 Å². The lowest BCUT2D eigenvalue weighted by Gasteiger charge is -2.28. The fraction of sp³-hybridized carbons (Fsp3) is 0.258. The van der Waals surface area contributed by atoms with E-state index in [2.05, 4.69) is 0 Å². The molecule has 190 valence electrons. The van der Waals surface area contributed by atoms with Gasteiger partial charge in [-0.1, -0.05) is 42.0 Å². The van der Waals surface area contributed by atoms with Crippen LogP contribution in [0, 0.1) is 0 Å². The number of phenolic OH excluding ortho intramolecular Hbond substituents is 1. The zero-order valence-corrected chi connectivity index (χ0v) is 21.7. The zero-order valence-electron chi connectivity index (χ0n) is 21.7. The highest BCUT2D eigenvalue weighted by atomic mass is 16.5. The summed E-state index contributed by atoms with van der Waals surface area (Å²) in [5, 5.41) is 11.6. The highest BCUT2D eigenvalue weighted by molar-refractivity contribution is 5.99. The van der Waals surface area contributed by atoms with E-state index in [1.807, 2.05) is 70.2 Å². The molecular weight excluding hydrogens is 468 g/mol. The monoisotopic (exact) mass is 498 g/mol. The van der Waals surface area contributed by atoms with Crippen molar-refractivity contribution < 1.29 is 23.7 Å². The van der Waals surface area contributed by atoms with Gasteiger partial charge in [0.1, 0.15) is 40.3 Å². The van der Waals surface area contributed by atoms with Crippen molar-refractivity contribution in [2.45, 2.75) is 46.3 Å². The summed E-state index contributed by atoms with van der Waals surface area (Å²) in [5.74, 6) is 1.24. The van der Waals surface area contributed by atoms with Crippen molar-refractivity contribution in [3.05, 3.63) is 87.1 Å². The van der Waals surface area contributed by atoms with Crippen LogP contribution < -0.4 is 19.6 Å². The molecule has 6 nitrogen and oxygen atoms in total. The Morgan fingerprint density at radius 1 is 1.08 bits per heavy atom. The average molecular weight is 499 g/mol. The molecule has 6 heteroatoms. The summed E-state index contributed by atoms with van der Waals surface area (Å²) in [6.07, 6.45) is 6.09. The quantitative estimate of drug-likeness (QED) is 0.229. The number of hydrogen-bond donors (Lipinski definition) is 1. The summed E-state index contributed by atoms with van der Waals surface area (Å²) in [7, 11) is 1.56. The maximum atomic E-state index is 13.9. The van der Waals surface area contributed by atoms with Crippen molar-refractivity contribution in [3.8, 4) is 23.0 Å². The van der Waals surface area contributed by atoms with E-state index in [1.54, 1.807) is 25.3 Å². The van der Waals surface area contributed by atoms with Gasteiger partial charge in [0.15, 0.2) is 11.5 Å². The minimum atomic E-state index is -0.548. The normalized spacial score (nSPS) is 13.8. The summed E-state index contributed by atoms with van der Waals surface area (Å²) in [6.45, 7) is 8.15. The standard InChI is InChI=1S/C31H30O6/c1-18(2)11-12-21-26-23(16-25(30(21)34-5)35-17-19-9-7-6-8-10-19)36-24-15-22-20(13-14-31(3,4)37-22)28(32)27(24)29(26)33/h6-11,13-16,32H,12,17H2,1-5H3. The second-order valence-electron chi connectivity index (χ2n) is 10.00. The lowest BCUT2D eigenvalue weighted by atomic mass is 9.97. The number of rotatable bonds is 6. The molecule has 0 amide bonds. The van der Waals surface area contributed by atoms with Gasteiger partial charge in [0.05, 0.1) is 18.1 Å². The molecule has 0 radical (unpaired) electrons. The molecule has 1 aliphatic rings. The predicted octanol–water partition coefficient (Wildman–Crippen LogP) is 6.93. The van der Waals surface area contributed by atoms with Gasteiger partial charge in [-0.05, 0) is 51.8 Å². The topological polar surface area (TPSA) is 78.1 Å². The molecule has 37 heavy (non-hydrogen) atoms. The number of aromatic hydroxyl groups is 1. The summed E-state index contributed by atoms with van der Waals surface area (Å²) < 4.78 is 24.3. The van der Waals surface area contributed by atoms with E-state index in [4.69, 9.17) is 18.6 Å². The van der Waals surface area contributed by atoms with Crippen molar-refractivity contribution >= 4 is 28.0 Å². The number of methoxy groups -OCH3 is 1. The van der Waals surface area contributed by atoms with E-state index in [-0.39, 0.29) is 22.1 Å². The number of allylic oxidation sites excluding steroid dienone is 2. The maximum absolute atomic E-state index is 13.9. The van der Waals surface area contributed by atoms with Crippen molar-refractivity contribution in [2.75, 3.05) is 7.11 Å². The molecule has 5 rings (SSSR count). The second-order valence-corrected chi connectivity index (χ2v) is 10.00. The number of phenols is 1. The maximum Gasteiger partial charge on any atom is 0.204 e. The highest BCUT2D eigenvalue weighted by Crippen LogP contribution is 2.43. The van der Waals surface area contributed by atoms with Crippen LogP contribution >= 0.6 is 0 Å². The Morgan fingerprint density at radius 3 is 2.51 bits per heavy atom. The fourth-order valence-electron chi connectivity index (χ4n) is 4.59. The van der Waals surface area contributed by atoms with Crippen LogP contribution in [-0.2, 0) is 13.0 Å². The zero-order chi connectivity index (χ0) is 26.3. The second kappa shape index (κ2) is 9.36. The first-order valence-electron chi connectivity index (χ1n) is 12.2. The minimum Gasteiger partial charge on any atom is -0.506 e. The van der Waals surface area contributed by atoms with Gasteiger partial charge in [0, 0.05) is 17.7 Å². The van der Waals surface area contributed by atoms with Crippen LogP contribution in [0.3, 0.4) is 0 Å². The van der Waals surface area contributed by atoms with Crippen LogP contribution in [0.5, 0.6) is 23.0 Å². The SMILES string of the molecule is COc1c(OCc2ccccc2)cc2oc3cc4c(c(O)c3c(=O)c2c1CC=C(C)C)C=CC(C)(C)O4. The summed E-state index contributed by atoms with van der Waals surface area (Å²) >= 11 is 0. The van der Waals surface area contributed by atoms with Crippen molar-refractivity contribution in [3.63, 3.8) is 0 Å². The molecule has 0 fully saturated rings. The van der Waals surface area contributed by atoms with Gasteiger partial charge >= 0.3 is 0 Å². The van der Waals surface area contributed by atoms with Crippen LogP contribution in [0.1, 0.15) is 44.4 Å². The molecule has 4 aromatic rings. The molecule has 0 atom stereocenters.